The molecule has 20 heavy (non-hydrogen) atoms. The van der Waals surface area contributed by atoms with Gasteiger partial charge in [0.25, 0.3) is 0 Å². The maximum Gasteiger partial charge on any atom is 0.226 e. The molecule has 4 aliphatic rings. The van der Waals surface area contributed by atoms with Crippen molar-refractivity contribution in [3.63, 3.8) is 0 Å². The van der Waals surface area contributed by atoms with Crippen LogP contribution in [0.1, 0.15) is 71.1 Å². The minimum absolute atomic E-state index is 0.0520. The quantitative estimate of drug-likeness (QED) is 0.576. The zero-order chi connectivity index (χ0) is 14.2. The molecule has 4 fully saturated rings. The highest BCUT2D eigenvalue weighted by atomic mass is 35.5. The van der Waals surface area contributed by atoms with Crippen LogP contribution < -0.4 is 5.32 Å². The van der Waals surface area contributed by atoms with Crippen LogP contribution in [0.4, 0.5) is 0 Å². The minimum atomic E-state index is -0.114. The third kappa shape index (κ3) is 2.73. The van der Waals surface area contributed by atoms with Crippen molar-refractivity contribution in [1.82, 2.24) is 5.32 Å². The van der Waals surface area contributed by atoms with E-state index >= 15 is 0 Å². The Labute approximate surface area is 128 Å². The second kappa shape index (κ2) is 5.51. The van der Waals surface area contributed by atoms with Crippen LogP contribution in [-0.4, -0.2) is 17.3 Å². The topological polar surface area (TPSA) is 29.1 Å². The fourth-order valence-corrected chi connectivity index (χ4v) is 6.05. The summed E-state index contributed by atoms with van der Waals surface area (Å²) in [6, 6.07) is 0. The highest BCUT2D eigenvalue weighted by Crippen LogP contribution is 2.63. The number of alkyl halides is 1. The zero-order valence-electron chi connectivity index (χ0n) is 12.7. The van der Waals surface area contributed by atoms with E-state index in [1.807, 2.05) is 0 Å². The van der Waals surface area contributed by atoms with Gasteiger partial charge in [-0.1, -0.05) is 26.2 Å². The van der Waals surface area contributed by atoms with Crippen LogP contribution in [0.2, 0.25) is 0 Å². The highest BCUT2D eigenvalue weighted by molar-refractivity contribution is 6.24. The summed E-state index contributed by atoms with van der Waals surface area (Å²) in [7, 11) is 0. The molecule has 0 aromatic rings. The fraction of sp³-hybridized carbons (Fsp3) is 0.941. The van der Waals surface area contributed by atoms with Crippen LogP contribution in [0, 0.1) is 17.3 Å². The zero-order valence-corrected chi connectivity index (χ0v) is 13.5. The number of hydrogen-bond acceptors (Lipinski definition) is 1. The molecule has 0 unspecified atom stereocenters. The van der Waals surface area contributed by atoms with E-state index in [1.165, 1.54) is 25.7 Å². The van der Waals surface area contributed by atoms with Gasteiger partial charge in [0, 0.05) is 11.4 Å². The lowest BCUT2D eigenvalue weighted by molar-refractivity contribution is -0.144. The Kier molecular flexibility index (Phi) is 4.05. The number of carbonyl (C=O) groups excluding carboxylic acids is 1. The molecule has 4 saturated carbocycles. The van der Waals surface area contributed by atoms with Gasteiger partial charge in [-0.15, -0.1) is 11.6 Å². The van der Waals surface area contributed by atoms with Gasteiger partial charge >= 0.3 is 0 Å². The molecule has 0 radical (unpaired) electrons. The maximum atomic E-state index is 12.7. The number of carbonyl (C=O) groups is 1. The summed E-state index contributed by atoms with van der Waals surface area (Å²) in [4.78, 5) is 12.6. The van der Waals surface area contributed by atoms with Gasteiger partial charge in [-0.05, 0) is 56.8 Å². The van der Waals surface area contributed by atoms with Crippen LogP contribution in [-0.2, 0) is 4.79 Å². The van der Waals surface area contributed by atoms with E-state index in [0.717, 1.165) is 45.1 Å². The summed E-state index contributed by atoms with van der Waals surface area (Å²) in [5, 5.41) is 3.22. The first-order valence-corrected chi connectivity index (χ1v) is 8.90. The standard InChI is InChI=1S/C17H28ClNO/c1-2-3-4-5-6-19-15(20)16-8-13-7-14(9-16)11-17(18,10-13)12-16/h13-14H,2-12H2,1H3,(H,19,20)/t13-,14-,16?,17?/m1/s1. The molecule has 1 N–H and O–H groups in total. The number of nitrogens with one attached hydrogen (secondary N) is 1. The second-order valence-corrected chi connectivity index (χ2v) is 8.51. The Morgan fingerprint density at radius 1 is 1.15 bits per heavy atom. The van der Waals surface area contributed by atoms with E-state index < -0.39 is 0 Å². The van der Waals surface area contributed by atoms with E-state index in [0.29, 0.717) is 17.7 Å². The smallest absolute Gasteiger partial charge is 0.226 e. The molecule has 2 atom stereocenters. The lowest BCUT2D eigenvalue weighted by atomic mass is 9.49. The van der Waals surface area contributed by atoms with Crippen molar-refractivity contribution >= 4 is 17.5 Å². The fourth-order valence-electron chi connectivity index (χ4n) is 5.36. The van der Waals surface area contributed by atoms with E-state index in [-0.39, 0.29) is 10.3 Å². The second-order valence-electron chi connectivity index (χ2n) is 7.71. The van der Waals surface area contributed by atoms with Crippen molar-refractivity contribution in [2.24, 2.45) is 17.3 Å². The molecule has 0 heterocycles. The molecule has 0 spiro atoms. The third-order valence-electron chi connectivity index (χ3n) is 5.79. The lowest BCUT2D eigenvalue weighted by Crippen LogP contribution is -2.58. The Morgan fingerprint density at radius 3 is 2.45 bits per heavy atom. The number of halogens is 1. The number of rotatable bonds is 6. The predicted octanol–water partition coefficient (Wildman–Crippen LogP) is 4.26. The first-order chi connectivity index (χ1) is 9.55. The molecule has 114 valence electrons. The third-order valence-corrected chi connectivity index (χ3v) is 6.23. The molecule has 0 aromatic heterocycles. The molecule has 4 rings (SSSR count). The average molecular weight is 298 g/mol. The maximum absolute atomic E-state index is 12.7. The molecule has 4 aliphatic carbocycles. The molecule has 0 saturated heterocycles. The first-order valence-electron chi connectivity index (χ1n) is 8.52. The molecular weight excluding hydrogens is 270 g/mol. The summed E-state index contributed by atoms with van der Waals surface area (Å²) in [5.41, 5.74) is -0.114. The van der Waals surface area contributed by atoms with Crippen molar-refractivity contribution in [1.29, 1.82) is 0 Å². The van der Waals surface area contributed by atoms with Crippen molar-refractivity contribution in [2.45, 2.75) is 76.0 Å². The summed E-state index contributed by atoms with van der Waals surface area (Å²) >= 11 is 6.79. The van der Waals surface area contributed by atoms with Crippen LogP contribution in [0.15, 0.2) is 0 Å². The van der Waals surface area contributed by atoms with Crippen molar-refractivity contribution < 1.29 is 4.79 Å². The first kappa shape index (κ1) is 14.7. The summed E-state index contributed by atoms with van der Waals surface area (Å²) in [6.45, 7) is 3.07. The van der Waals surface area contributed by atoms with E-state index in [9.17, 15) is 4.79 Å². The monoisotopic (exact) mass is 297 g/mol. The molecular formula is C17H28ClNO. The number of hydrogen-bond donors (Lipinski definition) is 1. The average Bonchev–Trinajstić information content (AvgIpc) is 2.35. The largest absolute Gasteiger partial charge is 0.356 e. The molecule has 2 nitrogen and oxygen atoms in total. The van der Waals surface area contributed by atoms with Crippen LogP contribution in [0.3, 0.4) is 0 Å². The SMILES string of the molecule is CCCCCCNC(=O)C12C[C@H]3C[C@@H](CC(Cl)(C3)C1)C2. The predicted molar refractivity (Wildman–Crippen MR) is 82.9 cm³/mol. The van der Waals surface area contributed by atoms with Gasteiger partial charge in [0.1, 0.15) is 0 Å². The van der Waals surface area contributed by atoms with Crippen molar-refractivity contribution in [2.75, 3.05) is 6.54 Å². The van der Waals surface area contributed by atoms with E-state index in [4.69, 9.17) is 11.6 Å². The van der Waals surface area contributed by atoms with Crippen molar-refractivity contribution in [3.05, 3.63) is 0 Å². The van der Waals surface area contributed by atoms with Gasteiger partial charge in [0.15, 0.2) is 0 Å². The number of amides is 1. The summed E-state index contributed by atoms with van der Waals surface area (Å²) < 4.78 is 0. The summed E-state index contributed by atoms with van der Waals surface area (Å²) in [6.07, 6.45) is 11.6. The Morgan fingerprint density at radius 2 is 1.85 bits per heavy atom. The van der Waals surface area contributed by atoms with Crippen LogP contribution in [0.5, 0.6) is 0 Å². The van der Waals surface area contributed by atoms with E-state index in [2.05, 4.69) is 12.2 Å². The molecule has 4 bridgehead atoms. The van der Waals surface area contributed by atoms with Gasteiger partial charge < -0.3 is 5.32 Å². The normalized spacial score (nSPS) is 41.9. The van der Waals surface area contributed by atoms with E-state index in [1.54, 1.807) is 0 Å². The minimum Gasteiger partial charge on any atom is -0.356 e. The Hall–Kier alpha value is -0.240. The number of unbranched alkanes of at least 4 members (excludes halogenated alkanes) is 3. The molecule has 3 heteroatoms. The Balaban J connectivity index is 1.57. The van der Waals surface area contributed by atoms with Gasteiger partial charge in [-0.25, -0.2) is 0 Å². The lowest BCUT2D eigenvalue weighted by Gasteiger charge is -2.59. The highest BCUT2D eigenvalue weighted by Gasteiger charge is 2.59. The molecule has 1 amide bonds. The van der Waals surface area contributed by atoms with Crippen molar-refractivity contribution in [3.8, 4) is 0 Å². The van der Waals surface area contributed by atoms with Gasteiger partial charge in [-0.3, -0.25) is 4.79 Å². The van der Waals surface area contributed by atoms with Crippen LogP contribution >= 0.6 is 11.6 Å². The summed E-state index contributed by atoms with van der Waals surface area (Å²) in [5.74, 6) is 1.73. The van der Waals surface area contributed by atoms with Gasteiger partial charge in [-0.2, -0.15) is 0 Å². The van der Waals surface area contributed by atoms with Gasteiger partial charge in [0.2, 0.25) is 5.91 Å². The Bertz CT molecular complexity index is 367. The van der Waals surface area contributed by atoms with Crippen LogP contribution in [0.25, 0.3) is 0 Å². The van der Waals surface area contributed by atoms with Gasteiger partial charge in [0.05, 0.1) is 5.41 Å². The molecule has 0 aliphatic heterocycles. The molecule has 0 aromatic carbocycles.